The Morgan fingerprint density at radius 1 is 0.538 bits per heavy atom. The molecule has 0 heterocycles. The molecule has 0 bridgehead atoms. The first-order valence-corrected chi connectivity index (χ1v) is 7.50. The van der Waals surface area contributed by atoms with Gasteiger partial charge in [-0.2, -0.15) is 0 Å². The van der Waals surface area contributed by atoms with E-state index in [0.29, 0.717) is 0 Å². The summed E-state index contributed by atoms with van der Waals surface area (Å²) in [5, 5.41) is 0. The van der Waals surface area contributed by atoms with E-state index >= 15 is 0 Å². The first kappa shape index (κ1) is 23.3. The molecule has 0 unspecified atom stereocenters. The van der Waals surface area contributed by atoms with Gasteiger partial charge in [0.2, 0.25) is 0 Å². The van der Waals surface area contributed by atoms with Gasteiger partial charge in [0.05, 0.1) is 40.6 Å². The van der Waals surface area contributed by atoms with Crippen molar-refractivity contribution in [2.45, 2.75) is 0 Å². The van der Waals surface area contributed by atoms with Gasteiger partial charge in [0, 0.05) is 24.3 Å². The number of hydrogen-bond donors (Lipinski definition) is 0. The minimum absolute atomic E-state index is 0.0223. The molecule has 26 heavy (non-hydrogen) atoms. The average Bonchev–Trinajstić information content (AvgIpc) is 2.65. The highest BCUT2D eigenvalue weighted by Gasteiger charge is 2.01. The van der Waals surface area contributed by atoms with Gasteiger partial charge in [-0.05, 0) is 0 Å². The number of esters is 4. The molecule has 10 heteroatoms. The average molecular weight is 374 g/mol. The molecule has 0 amide bonds. The van der Waals surface area contributed by atoms with E-state index in [1.807, 2.05) is 0 Å². The highest BCUT2D eigenvalue weighted by atomic mass is 16.6. The van der Waals surface area contributed by atoms with Crippen LogP contribution >= 0.6 is 0 Å². The first-order valence-electron chi connectivity index (χ1n) is 7.50. The predicted molar refractivity (Wildman–Crippen MR) is 85.9 cm³/mol. The molecule has 0 saturated carbocycles. The summed E-state index contributed by atoms with van der Waals surface area (Å²) in [6.45, 7) is 0.878. The summed E-state index contributed by atoms with van der Waals surface area (Å²) in [6, 6.07) is 0. The lowest BCUT2D eigenvalue weighted by atomic mass is 10.5. The third-order valence-corrected chi connectivity index (χ3v) is 2.43. The minimum atomic E-state index is -0.682. The van der Waals surface area contributed by atoms with Gasteiger partial charge in [-0.25, -0.2) is 19.2 Å². The van der Waals surface area contributed by atoms with Gasteiger partial charge in [0.25, 0.3) is 0 Å². The number of carbonyl (C=O) groups excluding carboxylic acids is 4. The molecule has 0 rings (SSSR count). The summed E-state index contributed by atoms with van der Waals surface area (Å²) >= 11 is 0. The Kier molecular flexibility index (Phi) is 14.1. The van der Waals surface area contributed by atoms with Crippen molar-refractivity contribution in [1.82, 2.24) is 0 Å². The van der Waals surface area contributed by atoms with E-state index in [1.54, 1.807) is 0 Å². The molecule has 0 aliphatic rings. The van der Waals surface area contributed by atoms with Crippen LogP contribution in [0.2, 0.25) is 0 Å². The van der Waals surface area contributed by atoms with E-state index in [4.69, 9.17) is 18.9 Å². The van der Waals surface area contributed by atoms with Crippen LogP contribution in [0.25, 0.3) is 0 Å². The topological polar surface area (TPSA) is 124 Å². The molecule has 0 aromatic heterocycles. The van der Waals surface area contributed by atoms with Crippen LogP contribution in [0.1, 0.15) is 0 Å². The summed E-state index contributed by atoms with van der Waals surface area (Å²) in [7, 11) is 2.39. The Balaban J connectivity index is 3.46. The molecule has 0 fully saturated rings. The first-order chi connectivity index (χ1) is 12.5. The molecule has 146 valence electrons. The van der Waals surface area contributed by atoms with Crippen LogP contribution in [-0.2, 0) is 47.6 Å². The molecule has 0 saturated heterocycles. The summed E-state index contributed by atoms with van der Waals surface area (Å²) in [5.41, 5.74) is 0. The summed E-state index contributed by atoms with van der Waals surface area (Å²) in [4.78, 5) is 43.8. The fraction of sp³-hybridized carbons (Fsp3) is 0.500. The molecule has 10 nitrogen and oxygen atoms in total. The number of rotatable bonds is 13. The minimum Gasteiger partial charge on any atom is -0.466 e. The van der Waals surface area contributed by atoms with Crippen LogP contribution in [0, 0.1) is 0 Å². The highest BCUT2D eigenvalue weighted by Crippen LogP contribution is 1.87. The van der Waals surface area contributed by atoms with Gasteiger partial charge in [-0.3, -0.25) is 0 Å². The monoisotopic (exact) mass is 374 g/mol. The lowest BCUT2D eigenvalue weighted by Crippen LogP contribution is -2.14. The quantitative estimate of drug-likeness (QED) is 0.181. The Morgan fingerprint density at radius 3 is 1.19 bits per heavy atom. The largest absolute Gasteiger partial charge is 0.466 e. The molecular formula is C16H22O10. The molecule has 0 aromatic rings. The Labute approximate surface area is 150 Å². The zero-order chi connectivity index (χ0) is 19.6. The standard InChI is InChI=1S/C16H22O10/c1-21-13(17)3-5-15(19)25-11-9-23-7-8-24-10-12-26-16(20)6-4-14(18)22-2/h3-6H,7-12H2,1-2H3/b5-3+,6-4+. The predicted octanol–water partition coefficient (Wildman–Crippen LogP) is -0.436. The molecule has 0 aliphatic heterocycles. The highest BCUT2D eigenvalue weighted by molar-refractivity contribution is 5.92. The number of ether oxygens (including phenoxy) is 6. The van der Waals surface area contributed by atoms with E-state index in [1.165, 1.54) is 14.2 Å². The smallest absolute Gasteiger partial charge is 0.331 e. The molecule has 0 radical (unpaired) electrons. The molecular weight excluding hydrogens is 352 g/mol. The molecule has 0 spiro atoms. The van der Waals surface area contributed by atoms with Crippen molar-refractivity contribution in [2.75, 3.05) is 53.9 Å². The van der Waals surface area contributed by atoms with Gasteiger partial charge in [0.15, 0.2) is 0 Å². The lowest BCUT2D eigenvalue weighted by molar-refractivity contribution is -0.141. The van der Waals surface area contributed by atoms with Crippen molar-refractivity contribution in [2.24, 2.45) is 0 Å². The maximum absolute atomic E-state index is 11.2. The van der Waals surface area contributed by atoms with E-state index in [-0.39, 0.29) is 39.6 Å². The Morgan fingerprint density at radius 2 is 0.846 bits per heavy atom. The molecule has 0 aliphatic carbocycles. The normalized spacial score (nSPS) is 10.7. The van der Waals surface area contributed by atoms with Crippen LogP contribution in [0.4, 0.5) is 0 Å². The molecule has 0 atom stereocenters. The summed E-state index contributed by atoms with van der Waals surface area (Å²) < 4.78 is 28.4. The second-order valence-corrected chi connectivity index (χ2v) is 4.27. The third-order valence-electron chi connectivity index (χ3n) is 2.43. The molecule has 0 aromatic carbocycles. The van der Waals surface area contributed by atoms with Crippen LogP contribution < -0.4 is 0 Å². The van der Waals surface area contributed by atoms with E-state index < -0.39 is 23.9 Å². The van der Waals surface area contributed by atoms with Gasteiger partial charge in [-0.1, -0.05) is 0 Å². The van der Waals surface area contributed by atoms with Gasteiger partial charge in [0.1, 0.15) is 13.2 Å². The van der Waals surface area contributed by atoms with Crippen LogP contribution in [0.15, 0.2) is 24.3 Å². The number of hydrogen-bond acceptors (Lipinski definition) is 10. The van der Waals surface area contributed by atoms with Crippen LogP contribution in [-0.4, -0.2) is 77.7 Å². The van der Waals surface area contributed by atoms with E-state index in [9.17, 15) is 19.2 Å². The fourth-order valence-corrected chi connectivity index (χ4v) is 1.23. The van der Waals surface area contributed by atoms with E-state index in [0.717, 1.165) is 24.3 Å². The van der Waals surface area contributed by atoms with Crippen molar-refractivity contribution in [3.8, 4) is 0 Å². The van der Waals surface area contributed by atoms with Crippen molar-refractivity contribution in [1.29, 1.82) is 0 Å². The van der Waals surface area contributed by atoms with Gasteiger partial charge >= 0.3 is 23.9 Å². The Hall–Kier alpha value is -2.72. The van der Waals surface area contributed by atoms with Crippen molar-refractivity contribution < 1.29 is 47.6 Å². The molecule has 0 N–H and O–H groups in total. The SMILES string of the molecule is COC(=O)/C=C/C(=O)OCCOCCOCCOC(=O)/C=C/C(=O)OC. The fourth-order valence-electron chi connectivity index (χ4n) is 1.23. The summed E-state index contributed by atoms with van der Waals surface area (Å²) in [6.07, 6.45) is 3.82. The van der Waals surface area contributed by atoms with Crippen LogP contribution in [0.5, 0.6) is 0 Å². The second kappa shape index (κ2) is 15.8. The maximum Gasteiger partial charge on any atom is 0.331 e. The van der Waals surface area contributed by atoms with Crippen molar-refractivity contribution in [3.05, 3.63) is 24.3 Å². The van der Waals surface area contributed by atoms with Crippen LogP contribution in [0.3, 0.4) is 0 Å². The second-order valence-electron chi connectivity index (χ2n) is 4.27. The third kappa shape index (κ3) is 14.8. The number of methoxy groups -OCH3 is 2. The van der Waals surface area contributed by atoms with Crippen molar-refractivity contribution >= 4 is 23.9 Å². The van der Waals surface area contributed by atoms with Gasteiger partial charge < -0.3 is 28.4 Å². The lowest BCUT2D eigenvalue weighted by Gasteiger charge is -2.06. The Bertz CT molecular complexity index is 463. The zero-order valence-corrected chi connectivity index (χ0v) is 14.6. The summed E-state index contributed by atoms with van der Waals surface area (Å²) in [5.74, 6) is -2.67. The van der Waals surface area contributed by atoms with E-state index in [2.05, 4.69) is 9.47 Å². The zero-order valence-electron chi connectivity index (χ0n) is 14.6. The maximum atomic E-state index is 11.2. The van der Waals surface area contributed by atoms with Crippen molar-refractivity contribution in [3.63, 3.8) is 0 Å². The van der Waals surface area contributed by atoms with Gasteiger partial charge in [-0.15, -0.1) is 0 Å². The number of carbonyl (C=O) groups is 4.